The summed E-state index contributed by atoms with van der Waals surface area (Å²) in [5.41, 5.74) is 3.22. The number of rotatable bonds is 5. The van der Waals surface area contributed by atoms with E-state index in [1.165, 1.54) is 19.1 Å². The van der Waals surface area contributed by atoms with Gasteiger partial charge in [-0.15, -0.1) is 0 Å². The molecule has 0 radical (unpaired) electrons. The van der Waals surface area contributed by atoms with Gasteiger partial charge in [0, 0.05) is 37.5 Å². The van der Waals surface area contributed by atoms with Crippen molar-refractivity contribution < 1.29 is 14.6 Å². The van der Waals surface area contributed by atoms with Crippen LogP contribution in [0.15, 0.2) is 53.7 Å². The first kappa shape index (κ1) is 17.1. The largest absolute Gasteiger partial charge is 0.345 e. The van der Waals surface area contributed by atoms with Crippen molar-refractivity contribution in [2.45, 2.75) is 13.8 Å². The van der Waals surface area contributed by atoms with Crippen LogP contribution in [0.2, 0.25) is 0 Å². The molecule has 0 amide bonds. The smallest absolute Gasteiger partial charge is 0.331 e. The van der Waals surface area contributed by atoms with Gasteiger partial charge in [0.2, 0.25) is 0 Å². The van der Waals surface area contributed by atoms with Crippen LogP contribution < -0.4 is 4.90 Å². The third-order valence-corrected chi connectivity index (χ3v) is 3.43. The molecule has 0 fully saturated rings. The number of hydrogen-bond donors (Lipinski definition) is 0. The molecule has 0 unspecified atom stereocenters. The number of carbonyl (C=O) groups excluding carboxylic acids is 1. The van der Waals surface area contributed by atoms with Gasteiger partial charge in [0.1, 0.15) is 0 Å². The molecule has 7 nitrogen and oxygen atoms in total. The summed E-state index contributed by atoms with van der Waals surface area (Å²) in [6, 6.07) is 13.8. The molecule has 24 heavy (non-hydrogen) atoms. The number of non-ortho nitro benzene ring substituents is 1. The predicted octanol–water partition coefficient (Wildman–Crippen LogP) is 3.65. The minimum absolute atomic E-state index is 0.0554. The van der Waals surface area contributed by atoms with E-state index in [-0.39, 0.29) is 5.69 Å². The molecule has 7 heteroatoms. The van der Waals surface area contributed by atoms with Crippen molar-refractivity contribution in [3.05, 3.63) is 64.2 Å². The number of nitrogens with zero attached hydrogens (tertiary/aromatic N) is 3. The van der Waals surface area contributed by atoms with Crippen molar-refractivity contribution in [1.82, 2.24) is 0 Å². The molecule has 0 N–H and O–H groups in total. The predicted molar refractivity (Wildman–Crippen MR) is 91.6 cm³/mol. The van der Waals surface area contributed by atoms with Crippen LogP contribution in [0.25, 0.3) is 0 Å². The van der Waals surface area contributed by atoms with E-state index in [1.54, 1.807) is 19.1 Å². The molecular formula is C17H17N3O4. The highest BCUT2D eigenvalue weighted by molar-refractivity contribution is 5.98. The van der Waals surface area contributed by atoms with E-state index in [0.717, 1.165) is 16.9 Å². The van der Waals surface area contributed by atoms with E-state index in [2.05, 4.69) is 9.99 Å². The van der Waals surface area contributed by atoms with E-state index in [4.69, 9.17) is 0 Å². The van der Waals surface area contributed by atoms with Gasteiger partial charge in [-0.05, 0) is 36.8 Å². The highest BCUT2D eigenvalue weighted by Gasteiger charge is 2.08. The van der Waals surface area contributed by atoms with Crippen molar-refractivity contribution in [3.8, 4) is 0 Å². The van der Waals surface area contributed by atoms with Crippen LogP contribution in [0.4, 0.5) is 17.1 Å². The summed E-state index contributed by atoms with van der Waals surface area (Å²) in [6.07, 6.45) is 0. The molecular weight excluding hydrogens is 310 g/mol. The number of nitro benzene ring substituents is 1. The fourth-order valence-corrected chi connectivity index (χ4v) is 2.06. The fourth-order valence-electron chi connectivity index (χ4n) is 2.06. The van der Waals surface area contributed by atoms with Gasteiger partial charge in [-0.2, -0.15) is 0 Å². The summed E-state index contributed by atoms with van der Waals surface area (Å²) < 4.78 is 0. The average Bonchev–Trinajstić information content (AvgIpc) is 2.59. The molecule has 0 aromatic heterocycles. The van der Waals surface area contributed by atoms with E-state index >= 15 is 0 Å². The Morgan fingerprint density at radius 2 is 1.54 bits per heavy atom. The summed E-state index contributed by atoms with van der Waals surface area (Å²) >= 11 is 0. The molecule has 0 spiro atoms. The van der Waals surface area contributed by atoms with Gasteiger partial charge >= 0.3 is 5.97 Å². The molecule has 124 valence electrons. The number of carbonyl (C=O) groups is 1. The minimum Gasteiger partial charge on any atom is -0.345 e. The average molecular weight is 327 g/mol. The van der Waals surface area contributed by atoms with E-state index in [0.29, 0.717) is 5.71 Å². The molecule has 2 aromatic rings. The first-order valence-corrected chi connectivity index (χ1v) is 7.19. The van der Waals surface area contributed by atoms with Gasteiger partial charge in [-0.3, -0.25) is 10.1 Å². The zero-order valence-corrected chi connectivity index (χ0v) is 13.6. The molecule has 0 aliphatic rings. The SMILES string of the molecule is CC(=O)ON=C(C)c1ccc(N(C)c2ccc([N+](=O)[O-])cc2)cc1. The standard InChI is InChI=1S/C17H17N3O4/c1-12(18-24-13(2)21)14-4-6-15(7-5-14)19(3)16-8-10-17(11-9-16)20(22)23/h4-11H,1-3H3. The number of oxime groups is 1. The molecule has 0 bridgehead atoms. The van der Waals surface area contributed by atoms with Crippen LogP contribution in [-0.4, -0.2) is 23.7 Å². The first-order chi connectivity index (χ1) is 11.4. The van der Waals surface area contributed by atoms with Crippen LogP contribution in [0.1, 0.15) is 19.4 Å². The zero-order chi connectivity index (χ0) is 17.7. The summed E-state index contributed by atoms with van der Waals surface area (Å²) in [5, 5.41) is 14.4. The van der Waals surface area contributed by atoms with Crippen LogP contribution >= 0.6 is 0 Å². The van der Waals surface area contributed by atoms with E-state index in [9.17, 15) is 14.9 Å². The quantitative estimate of drug-likeness (QED) is 0.362. The second kappa shape index (κ2) is 7.36. The monoisotopic (exact) mass is 327 g/mol. The first-order valence-electron chi connectivity index (χ1n) is 7.19. The molecule has 2 rings (SSSR count). The molecule has 0 saturated heterocycles. The third-order valence-electron chi connectivity index (χ3n) is 3.43. The van der Waals surface area contributed by atoms with Crippen molar-refractivity contribution in [2.75, 3.05) is 11.9 Å². The lowest BCUT2D eigenvalue weighted by atomic mass is 10.1. The lowest BCUT2D eigenvalue weighted by Crippen LogP contribution is -2.09. The summed E-state index contributed by atoms with van der Waals surface area (Å²) in [5.74, 6) is -0.469. The summed E-state index contributed by atoms with van der Waals surface area (Å²) in [7, 11) is 1.87. The van der Waals surface area contributed by atoms with E-state index < -0.39 is 10.9 Å². The molecule has 2 aromatic carbocycles. The number of nitro groups is 1. The number of benzene rings is 2. The Kier molecular flexibility index (Phi) is 5.26. The Labute approximate surface area is 139 Å². The Morgan fingerprint density at radius 1 is 1.04 bits per heavy atom. The maximum Gasteiger partial charge on any atom is 0.331 e. The van der Waals surface area contributed by atoms with Gasteiger partial charge in [0.25, 0.3) is 5.69 Å². The lowest BCUT2D eigenvalue weighted by molar-refractivity contribution is -0.384. The Hall–Kier alpha value is -3.22. The van der Waals surface area contributed by atoms with Crippen molar-refractivity contribution in [3.63, 3.8) is 0 Å². The van der Waals surface area contributed by atoms with Crippen molar-refractivity contribution in [2.24, 2.45) is 5.16 Å². The van der Waals surface area contributed by atoms with Crippen LogP contribution in [0.5, 0.6) is 0 Å². The minimum atomic E-state index is -0.469. The van der Waals surface area contributed by atoms with Gasteiger partial charge in [-0.25, -0.2) is 4.79 Å². The van der Waals surface area contributed by atoms with Crippen molar-refractivity contribution >= 4 is 28.7 Å². The summed E-state index contributed by atoms with van der Waals surface area (Å²) in [4.78, 5) is 27.6. The maximum atomic E-state index is 10.8. The third kappa shape index (κ3) is 4.16. The van der Waals surface area contributed by atoms with Gasteiger partial charge in [-0.1, -0.05) is 17.3 Å². The topological polar surface area (TPSA) is 85.0 Å². The molecule has 0 atom stereocenters. The van der Waals surface area contributed by atoms with Crippen molar-refractivity contribution in [1.29, 1.82) is 0 Å². The lowest BCUT2D eigenvalue weighted by Gasteiger charge is -2.19. The Balaban J connectivity index is 2.16. The second-order valence-electron chi connectivity index (χ2n) is 5.14. The second-order valence-corrected chi connectivity index (χ2v) is 5.14. The summed E-state index contributed by atoms with van der Waals surface area (Å²) in [6.45, 7) is 3.04. The molecule has 0 saturated carbocycles. The molecule has 0 heterocycles. The van der Waals surface area contributed by atoms with Gasteiger partial charge in [0.05, 0.1) is 10.6 Å². The van der Waals surface area contributed by atoms with Gasteiger partial charge < -0.3 is 9.74 Å². The molecule has 0 aliphatic heterocycles. The number of hydrogen-bond acceptors (Lipinski definition) is 6. The highest BCUT2D eigenvalue weighted by atomic mass is 16.7. The van der Waals surface area contributed by atoms with Crippen LogP contribution in [-0.2, 0) is 9.63 Å². The number of anilines is 2. The maximum absolute atomic E-state index is 10.8. The normalized spacial score (nSPS) is 11.0. The highest BCUT2D eigenvalue weighted by Crippen LogP contribution is 2.25. The Bertz CT molecular complexity index is 767. The van der Waals surface area contributed by atoms with Gasteiger partial charge in [0.15, 0.2) is 0 Å². The molecule has 0 aliphatic carbocycles. The Morgan fingerprint density at radius 3 is 2.00 bits per heavy atom. The fraction of sp³-hybridized carbons (Fsp3) is 0.176. The van der Waals surface area contributed by atoms with Crippen LogP contribution in [0, 0.1) is 10.1 Å². The van der Waals surface area contributed by atoms with E-state index in [1.807, 2.05) is 36.2 Å². The van der Waals surface area contributed by atoms with Crippen LogP contribution in [0.3, 0.4) is 0 Å². The zero-order valence-electron chi connectivity index (χ0n) is 13.6.